The summed E-state index contributed by atoms with van der Waals surface area (Å²) in [7, 11) is 0. The summed E-state index contributed by atoms with van der Waals surface area (Å²) in [5.41, 5.74) is 2.44. The molecule has 0 unspecified atom stereocenters. The number of rotatable bonds is 7. The molecule has 1 aromatic carbocycles. The van der Waals surface area contributed by atoms with Gasteiger partial charge < -0.3 is 10.4 Å². The Morgan fingerprint density at radius 3 is 2.54 bits per heavy atom. The topological polar surface area (TPSA) is 52.6 Å². The van der Waals surface area contributed by atoms with Gasteiger partial charge in [0.2, 0.25) is 5.91 Å². The van der Waals surface area contributed by atoms with Crippen LogP contribution in [-0.4, -0.2) is 47.7 Å². The van der Waals surface area contributed by atoms with Crippen LogP contribution in [0.5, 0.6) is 0 Å². The highest BCUT2D eigenvalue weighted by molar-refractivity contribution is 5.72. The Morgan fingerprint density at radius 2 is 2.00 bits per heavy atom. The highest BCUT2D eigenvalue weighted by Gasteiger charge is 2.49. The van der Waals surface area contributed by atoms with Gasteiger partial charge in [0.15, 0.2) is 0 Å². The zero-order chi connectivity index (χ0) is 17.1. The van der Waals surface area contributed by atoms with E-state index in [4.69, 9.17) is 0 Å². The first-order chi connectivity index (χ1) is 11.6. The van der Waals surface area contributed by atoms with Gasteiger partial charge in [-0.1, -0.05) is 36.4 Å². The molecule has 0 aromatic heterocycles. The van der Waals surface area contributed by atoms with Crippen molar-refractivity contribution in [1.29, 1.82) is 0 Å². The number of carbonyl (C=O) groups is 1. The van der Waals surface area contributed by atoms with Crippen molar-refractivity contribution in [3.63, 3.8) is 0 Å². The standard InChI is InChI=1S/C20H28N2O2/c1-3-4-15-7-9-17(10-8-15)20-18(11-21-14(2)24)22(19(20)13-23)12-16-5-6-16/h3-4,7-10,16,18-20,23H,5-6,11-13H2,1-2H3,(H,21,24)/b4-3+/t18-,19+,20+/m0/s1. The van der Waals surface area contributed by atoms with Crippen molar-refractivity contribution in [2.45, 2.75) is 44.7 Å². The van der Waals surface area contributed by atoms with Crippen molar-refractivity contribution >= 4 is 12.0 Å². The lowest BCUT2D eigenvalue weighted by Gasteiger charge is -2.55. The fourth-order valence-corrected chi connectivity index (χ4v) is 3.86. The molecule has 2 fully saturated rings. The number of likely N-dealkylation sites (tertiary alicyclic amines) is 1. The molecule has 1 aliphatic heterocycles. The van der Waals surface area contributed by atoms with Gasteiger partial charge in [-0.2, -0.15) is 0 Å². The van der Waals surface area contributed by atoms with Crippen molar-refractivity contribution in [2.75, 3.05) is 19.7 Å². The van der Waals surface area contributed by atoms with E-state index in [1.165, 1.54) is 24.0 Å². The molecule has 3 rings (SSSR count). The Hall–Kier alpha value is -1.65. The van der Waals surface area contributed by atoms with Crippen LogP contribution in [0.3, 0.4) is 0 Å². The van der Waals surface area contributed by atoms with Crippen LogP contribution in [0.4, 0.5) is 0 Å². The van der Waals surface area contributed by atoms with Gasteiger partial charge in [0.1, 0.15) is 0 Å². The van der Waals surface area contributed by atoms with Gasteiger partial charge >= 0.3 is 0 Å². The molecule has 130 valence electrons. The lowest BCUT2D eigenvalue weighted by molar-refractivity contribution is -0.120. The Labute approximate surface area is 144 Å². The largest absolute Gasteiger partial charge is 0.395 e. The van der Waals surface area contributed by atoms with Crippen LogP contribution in [0.2, 0.25) is 0 Å². The van der Waals surface area contributed by atoms with Gasteiger partial charge in [0.05, 0.1) is 6.61 Å². The molecule has 1 saturated carbocycles. The summed E-state index contributed by atoms with van der Waals surface area (Å²) in [4.78, 5) is 13.8. The Balaban J connectivity index is 1.77. The minimum absolute atomic E-state index is 0.0102. The summed E-state index contributed by atoms with van der Waals surface area (Å²) in [6.45, 7) is 5.45. The van der Waals surface area contributed by atoms with E-state index < -0.39 is 0 Å². The third-order valence-corrected chi connectivity index (χ3v) is 5.27. The summed E-state index contributed by atoms with van der Waals surface area (Å²) in [5, 5.41) is 12.9. The van der Waals surface area contributed by atoms with E-state index in [0.717, 1.165) is 12.5 Å². The van der Waals surface area contributed by atoms with E-state index in [1.54, 1.807) is 6.92 Å². The zero-order valence-electron chi connectivity index (χ0n) is 14.6. The lowest BCUT2D eigenvalue weighted by atomic mass is 9.74. The minimum Gasteiger partial charge on any atom is -0.395 e. The zero-order valence-corrected chi connectivity index (χ0v) is 14.6. The van der Waals surface area contributed by atoms with Gasteiger partial charge in [0.25, 0.3) is 0 Å². The molecule has 2 aliphatic rings. The molecule has 2 N–H and O–H groups in total. The number of benzene rings is 1. The van der Waals surface area contributed by atoms with E-state index in [1.807, 2.05) is 13.0 Å². The van der Waals surface area contributed by atoms with Crippen molar-refractivity contribution < 1.29 is 9.90 Å². The number of aliphatic hydroxyl groups excluding tert-OH is 1. The fourth-order valence-electron chi connectivity index (χ4n) is 3.86. The van der Waals surface area contributed by atoms with Crippen molar-refractivity contribution in [3.05, 3.63) is 41.5 Å². The first-order valence-electron chi connectivity index (χ1n) is 8.97. The Kier molecular flexibility index (Phi) is 5.36. The monoisotopic (exact) mass is 328 g/mol. The van der Waals surface area contributed by atoms with Gasteiger partial charge in [0, 0.05) is 38.0 Å². The molecule has 4 heteroatoms. The number of amides is 1. The van der Waals surface area contributed by atoms with Crippen LogP contribution in [-0.2, 0) is 4.79 Å². The van der Waals surface area contributed by atoms with Crippen molar-refractivity contribution in [1.82, 2.24) is 10.2 Å². The summed E-state index contributed by atoms with van der Waals surface area (Å²) in [6.07, 6.45) is 6.71. The maximum absolute atomic E-state index is 11.4. The van der Waals surface area contributed by atoms with E-state index in [9.17, 15) is 9.90 Å². The second kappa shape index (κ2) is 7.49. The third kappa shape index (κ3) is 3.70. The van der Waals surface area contributed by atoms with Gasteiger partial charge in [-0.05, 0) is 36.8 Å². The molecule has 1 aromatic rings. The van der Waals surface area contributed by atoms with E-state index >= 15 is 0 Å². The average Bonchev–Trinajstić information content (AvgIpc) is 3.37. The lowest BCUT2D eigenvalue weighted by Crippen LogP contribution is -2.67. The number of aliphatic hydroxyl groups is 1. The first kappa shape index (κ1) is 17.2. The molecule has 4 nitrogen and oxygen atoms in total. The number of nitrogens with zero attached hydrogens (tertiary/aromatic N) is 1. The van der Waals surface area contributed by atoms with E-state index in [0.29, 0.717) is 6.54 Å². The van der Waals surface area contributed by atoms with Crippen LogP contribution in [0.25, 0.3) is 6.08 Å². The molecule has 24 heavy (non-hydrogen) atoms. The molecule has 1 heterocycles. The Bertz CT molecular complexity index is 592. The predicted octanol–water partition coefficient (Wildman–Crippen LogP) is 2.39. The maximum atomic E-state index is 11.4. The van der Waals surface area contributed by atoms with E-state index in [2.05, 4.69) is 40.6 Å². The second-order valence-corrected chi connectivity index (χ2v) is 7.09. The second-order valence-electron chi connectivity index (χ2n) is 7.09. The highest BCUT2D eigenvalue weighted by Crippen LogP contribution is 2.43. The van der Waals surface area contributed by atoms with Crippen molar-refractivity contribution in [3.8, 4) is 0 Å². The molecule has 3 atom stereocenters. The van der Waals surface area contributed by atoms with Gasteiger partial charge in [-0.15, -0.1) is 0 Å². The molecular weight excluding hydrogens is 300 g/mol. The number of hydrogen-bond acceptors (Lipinski definition) is 3. The van der Waals surface area contributed by atoms with Crippen LogP contribution in [0, 0.1) is 5.92 Å². The summed E-state index contributed by atoms with van der Waals surface area (Å²) >= 11 is 0. The van der Waals surface area contributed by atoms with E-state index in [-0.39, 0.29) is 30.5 Å². The quantitative estimate of drug-likeness (QED) is 0.808. The smallest absolute Gasteiger partial charge is 0.216 e. The predicted molar refractivity (Wildman–Crippen MR) is 96.7 cm³/mol. The Morgan fingerprint density at radius 1 is 1.29 bits per heavy atom. The average molecular weight is 328 g/mol. The third-order valence-electron chi connectivity index (χ3n) is 5.27. The maximum Gasteiger partial charge on any atom is 0.216 e. The van der Waals surface area contributed by atoms with Crippen molar-refractivity contribution in [2.24, 2.45) is 5.92 Å². The molecule has 1 saturated heterocycles. The number of carbonyl (C=O) groups excluding carboxylic acids is 1. The summed E-state index contributed by atoms with van der Waals surface area (Å²) in [6, 6.07) is 9.03. The molecule has 0 bridgehead atoms. The first-order valence-corrected chi connectivity index (χ1v) is 8.97. The molecule has 0 radical (unpaired) electrons. The number of nitrogens with one attached hydrogen (secondary N) is 1. The van der Waals surface area contributed by atoms with Crippen LogP contribution >= 0.6 is 0 Å². The molecule has 1 aliphatic carbocycles. The molecule has 1 amide bonds. The van der Waals surface area contributed by atoms with Crippen LogP contribution in [0.15, 0.2) is 30.3 Å². The highest BCUT2D eigenvalue weighted by atomic mass is 16.3. The SMILES string of the molecule is C/C=C/c1ccc([C@H]2[C@@H](CO)N(CC3CC3)[C@H]2CNC(C)=O)cc1. The normalized spacial score (nSPS) is 27.2. The fraction of sp³-hybridized carbons (Fsp3) is 0.550. The van der Waals surface area contributed by atoms with Crippen LogP contribution < -0.4 is 5.32 Å². The summed E-state index contributed by atoms with van der Waals surface area (Å²) < 4.78 is 0. The van der Waals surface area contributed by atoms with Gasteiger partial charge in [-0.3, -0.25) is 9.69 Å². The minimum atomic E-state index is 0.0102. The molecule has 0 spiro atoms. The summed E-state index contributed by atoms with van der Waals surface area (Å²) in [5.74, 6) is 1.06. The van der Waals surface area contributed by atoms with Gasteiger partial charge in [-0.25, -0.2) is 0 Å². The number of allylic oxidation sites excluding steroid dienone is 1. The number of hydrogen-bond donors (Lipinski definition) is 2. The van der Waals surface area contributed by atoms with Crippen LogP contribution in [0.1, 0.15) is 43.7 Å². The molecular formula is C20H28N2O2.